The number of para-hydroxylation sites is 1. The lowest BCUT2D eigenvalue weighted by Crippen LogP contribution is -2.24. The van der Waals surface area contributed by atoms with Gasteiger partial charge in [0.05, 0.1) is 24.2 Å². The van der Waals surface area contributed by atoms with Crippen LogP contribution in [-0.4, -0.2) is 40.8 Å². The van der Waals surface area contributed by atoms with Crippen LogP contribution < -0.4 is 0 Å². The van der Waals surface area contributed by atoms with Crippen LogP contribution in [0.15, 0.2) is 24.3 Å². The third kappa shape index (κ3) is 2.29. The van der Waals surface area contributed by atoms with Crippen molar-refractivity contribution in [2.75, 3.05) is 20.2 Å². The molecule has 20 heavy (non-hydrogen) atoms. The molecule has 1 aromatic heterocycles. The zero-order valence-corrected chi connectivity index (χ0v) is 11.9. The van der Waals surface area contributed by atoms with E-state index in [1.807, 2.05) is 23.9 Å². The fraction of sp³-hybridized carbons (Fsp3) is 0.467. The topological polar surface area (TPSA) is 47.4 Å². The summed E-state index contributed by atoms with van der Waals surface area (Å²) >= 11 is 0. The lowest BCUT2D eigenvalue weighted by Gasteiger charge is -2.13. The first-order valence-corrected chi connectivity index (χ1v) is 6.90. The van der Waals surface area contributed by atoms with Crippen molar-refractivity contribution in [1.29, 1.82) is 0 Å². The first-order valence-electron chi connectivity index (χ1n) is 6.90. The zero-order valence-electron chi connectivity index (χ0n) is 11.9. The first-order chi connectivity index (χ1) is 9.69. The number of ether oxygens (including phenoxy) is 1. The number of fused-ring (bicyclic) bond motifs is 1. The van der Waals surface area contributed by atoms with E-state index in [0.29, 0.717) is 0 Å². The second-order valence-corrected chi connectivity index (χ2v) is 5.33. The van der Waals surface area contributed by atoms with Gasteiger partial charge in [0.15, 0.2) is 0 Å². The van der Waals surface area contributed by atoms with Gasteiger partial charge in [-0.15, -0.1) is 0 Å². The molecule has 2 aromatic rings. The highest BCUT2D eigenvalue weighted by Gasteiger charge is 2.29. The van der Waals surface area contributed by atoms with E-state index >= 15 is 0 Å². The van der Waals surface area contributed by atoms with Gasteiger partial charge in [0.1, 0.15) is 0 Å². The maximum Gasteiger partial charge on any atom is 0.310 e. The monoisotopic (exact) mass is 273 g/mol. The van der Waals surface area contributed by atoms with Gasteiger partial charge in [0.25, 0.3) is 0 Å². The van der Waals surface area contributed by atoms with Crippen molar-refractivity contribution in [1.82, 2.24) is 14.7 Å². The molecule has 1 atom stereocenters. The summed E-state index contributed by atoms with van der Waals surface area (Å²) in [4.78, 5) is 13.8. The predicted octanol–water partition coefficient (Wildman–Crippen LogP) is 1.57. The molecule has 1 aromatic carbocycles. The highest BCUT2D eigenvalue weighted by Crippen LogP contribution is 2.23. The Bertz CT molecular complexity index is 635. The van der Waals surface area contributed by atoms with Gasteiger partial charge in [-0.05, 0) is 19.0 Å². The molecule has 5 nitrogen and oxygen atoms in total. The quantitative estimate of drug-likeness (QED) is 0.796. The summed E-state index contributed by atoms with van der Waals surface area (Å²) < 4.78 is 6.74. The molecule has 0 N–H and O–H groups in total. The van der Waals surface area contributed by atoms with Gasteiger partial charge in [0.2, 0.25) is 0 Å². The second-order valence-electron chi connectivity index (χ2n) is 5.33. The first kappa shape index (κ1) is 13.1. The summed E-state index contributed by atoms with van der Waals surface area (Å²) in [6.45, 7) is 2.47. The molecular weight excluding hydrogens is 254 g/mol. The maximum absolute atomic E-state index is 11.6. The van der Waals surface area contributed by atoms with Gasteiger partial charge < -0.3 is 4.74 Å². The minimum absolute atomic E-state index is 0.00924. The lowest BCUT2D eigenvalue weighted by molar-refractivity contribution is -0.144. The van der Waals surface area contributed by atoms with Crippen molar-refractivity contribution in [3.05, 3.63) is 30.0 Å². The molecule has 0 radical (unpaired) electrons. The summed E-state index contributed by atoms with van der Waals surface area (Å²) in [6, 6.07) is 8.24. The molecular formula is C15H19N3O2. The van der Waals surface area contributed by atoms with Crippen LogP contribution in [-0.2, 0) is 23.1 Å². The number of likely N-dealkylation sites (tertiary alicyclic amines) is 1. The smallest absolute Gasteiger partial charge is 0.310 e. The van der Waals surface area contributed by atoms with E-state index in [0.717, 1.165) is 37.3 Å². The Balaban J connectivity index is 1.76. The minimum atomic E-state index is -0.0987. The van der Waals surface area contributed by atoms with Gasteiger partial charge in [-0.3, -0.25) is 14.4 Å². The Kier molecular flexibility index (Phi) is 3.44. The zero-order chi connectivity index (χ0) is 14.1. The van der Waals surface area contributed by atoms with Crippen molar-refractivity contribution >= 4 is 16.9 Å². The SMILES string of the molecule is COC(=O)C1CCN(Cc2nn(C)c3ccccc23)C1. The van der Waals surface area contributed by atoms with Crippen molar-refractivity contribution in [3.63, 3.8) is 0 Å². The number of esters is 1. The number of carbonyl (C=O) groups excluding carboxylic acids is 1. The number of nitrogens with zero attached hydrogens (tertiary/aromatic N) is 3. The number of rotatable bonds is 3. The van der Waals surface area contributed by atoms with Gasteiger partial charge >= 0.3 is 5.97 Å². The van der Waals surface area contributed by atoms with Crippen LogP contribution in [0.2, 0.25) is 0 Å². The summed E-state index contributed by atoms with van der Waals surface area (Å²) in [5.74, 6) is -0.0895. The van der Waals surface area contributed by atoms with E-state index in [9.17, 15) is 4.79 Å². The second kappa shape index (κ2) is 5.25. The molecule has 0 saturated carbocycles. The van der Waals surface area contributed by atoms with Gasteiger partial charge in [-0.1, -0.05) is 18.2 Å². The normalized spacial score (nSPS) is 19.6. The maximum atomic E-state index is 11.6. The van der Waals surface area contributed by atoms with E-state index in [-0.39, 0.29) is 11.9 Å². The van der Waals surface area contributed by atoms with Crippen LogP contribution in [0.1, 0.15) is 12.1 Å². The lowest BCUT2D eigenvalue weighted by atomic mass is 10.1. The third-order valence-electron chi connectivity index (χ3n) is 4.01. The number of methoxy groups -OCH3 is 1. The average Bonchev–Trinajstić information content (AvgIpc) is 3.05. The predicted molar refractivity (Wildman–Crippen MR) is 76.1 cm³/mol. The standard InChI is InChI=1S/C15H19N3O2/c1-17-14-6-4-3-5-12(14)13(16-17)10-18-8-7-11(9-18)15(19)20-2/h3-6,11H,7-10H2,1-2H3. The number of aromatic nitrogens is 2. The number of hydrogen-bond acceptors (Lipinski definition) is 4. The molecule has 2 heterocycles. The van der Waals surface area contributed by atoms with E-state index < -0.39 is 0 Å². The molecule has 1 aliphatic rings. The Morgan fingerprint density at radius 2 is 2.25 bits per heavy atom. The molecule has 1 aliphatic heterocycles. The van der Waals surface area contributed by atoms with Gasteiger partial charge in [0, 0.05) is 25.5 Å². The number of benzene rings is 1. The van der Waals surface area contributed by atoms with E-state index in [4.69, 9.17) is 4.74 Å². The Hall–Kier alpha value is -1.88. The summed E-state index contributed by atoms with van der Waals surface area (Å²) in [7, 11) is 3.42. The fourth-order valence-electron chi connectivity index (χ4n) is 2.95. The van der Waals surface area contributed by atoms with Crippen molar-refractivity contribution in [2.45, 2.75) is 13.0 Å². The van der Waals surface area contributed by atoms with E-state index in [2.05, 4.69) is 22.1 Å². The molecule has 3 rings (SSSR count). The van der Waals surface area contributed by atoms with Crippen LogP contribution in [0, 0.1) is 5.92 Å². The summed E-state index contributed by atoms with van der Waals surface area (Å²) in [5, 5.41) is 5.79. The van der Waals surface area contributed by atoms with Crippen molar-refractivity contribution < 1.29 is 9.53 Å². The van der Waals surface area contributed by atoms with Gasteiger partial charge in [-0.25, -0.2) is 0 Å². The van der Waals surface area contributed by atoms with Crippen LogP contribution >= 0.6 is 0 Å². The molecule has 106 valence electrons. The molecule has 0 bridgehead atoms. The number of carbonyl (C=O) groups is 1. The summed E-state index contributed by atoms with van der Waals surface area (Å²) in [5.41, 5.74) is 2.22. The molecule has 5 heteroatoms. The number of hydrogen-bond donors (Lipinski definition) is 0. The molecule has 0 aliphatic carbocycles. The summed E-state index contributed by atoms with van der Waals surface area (Å²) in [6.07, 6.45) is 0.872. The number of aryl methyl sites for hydroxylation is 1. The van der Waals surface area contributed by atoms with Crippen LogP contribution in [0.4, 0.5) is 0 Å². The minimum Gasteiger partial charge on any atom is -0.469 e. The Labute approximate surface area is 118 Å². The molecule has 0 spiro atoms. The Morgan fingerprint density at radius 3 is 3.05 bits per heavy atom. The average molecular weight is 273 g/mol. The van der Waals surface area contributed by atoms with E-state index in [1.54, 1.807) is 0 Å². The largest absolute Gasteiger partial charge is 0.469 e. The molecule has 1 unspecified atom stereocenters. The van der Waals surface area contributed by atoms with Crippen molar-refractivity contribution in [3.8, 4) is 0 Å². The highest BCUT2D eigenvalue weighted by atomic mass is 16.5. The molecule has 1 fully saturated rings. The highest BCUT2D eigenvalue weighted by molar-refractivity contribution is 5.81. The van der Waals surface area contributed by atoms with Crippen LogP contribution in [0.3, 0.4) is 0 Å². The molecule has 0 amide bonds. The van der Waals surface area contributed by atoms with E-state index in [1.165, 1.54) is 12.5 Å². The van der Waals surface area contributed by atoms with Crippen LogP contribution in [0.5, 0.6) is 0 Å². The molecule has 1 saturated heterocycles. The van der Waals surface area contributed by atoms with Crippen LogP contribution in [0.25, 0.3) is 10.9 Å². The Morgan fingerprint density at radius 1 is 1.45 bits per heavy atom. The van der Waals surface area contributed by atoms with Gasteiger partial charge in [-0.2, -0.15) is 5.10 Å². The van der Waals surface area contributed by atoms with Crippen molar-refractivity contribution in [2.24, 2.45) is 13.0 Å². The fourth-order valence-corrected chi connectivity index (χ4v) is 2.95. The third-order valence-corrected chi connectivity index (χ3v) is 4.01.